The highest BCUT2D eigenvalue weighted by Crippen LogP contribution is 2.40. The van der Waals surface area contributed by atoms with Gasteiger partial charge in [-0.3, -0.25) is 4.98 Å². The fraction of sp³-hybridized carbons (Fsp3) is 0.643. The van der Waals surface area contributed by atoms with Gasteiger partial charge in [-0.05, 0) is 37.7 Å². The maximum absolute atomic E-state index is 10.6. The average molecular weight is 219 g/mol. The molecule has 0 amide bonds. The van der Waals surface area contributed by atoms with Gasteiger partial charge < -0.3 is 5.11 Å². The third-order valence-electron chi connectivity index (χ3n) is 3.83. The summed E-state index contributed by atoms with van der Waals surface area (Å²) in [7, 11) is 0. The normalized spacial score (nSPS) is 30.2. The predicted molar refractivity (Wildman–Crippen MR) is 65.0 cm³/mol. The smallest absolute Gasteiger partial charge is 0.0911 e. The predicted octanol–water partition coefficient (Wildman–Crippen LogP) is 3.26. The molecule has 0 aromatic carbocycles. The molecule has 0 saturated heterocycles. The van der Waals surface area contributed by atoms with E-state index in [4.69, 9.17) is 0 Å². The molecular weight excluding hydrogens is 198 g/mol. The lowest BCUT2D eigenvalue weighted by Gasteiger charge is -2.36. The second-order valence-corrected chi connectivity index (χ2v) is 5.01. The third kappa shape index (κ3) is 2.43. The zero-order chi connectivity index (χ0) is 11.4. The van der Waals surface area contributed by atoms with E-state index in [0.717, 1.165) is 37.2 Å². The second-order valence-electron chi connectivity index (χ2n) is 5.01. The van der Waals surface area contributed by atoms with Crippen molar-refractivity contribution < 1.29 is 5.11 Å². The Labute approximate surface area is 97.7 Å². The van der Waals surface area contributed by atoms with E-state index in [2.05, 4.69) is 11.9 Å². The Kier molecular flexibility index (Phi) is 3.59. The largest absolute Gasteiger partial charge is 0.385 e. The van der Waals surface area contributed by atoms with Crippen LogP contribution < -0.4 is 0 Å². The molecule has 0 aliphatic heterocycles. The lowest BCUT2D eigenvalue weighted by molar-refractivity contribution is -0.0155. The minimum absolute atomic E-state index is 0.613. The summed E-state index contributed by atoms with van der Waals surface area (Å²) in [6.45, 7) is 2.24. The van der Waals surface area contributed by atoms with Crippen molar-refractivity contribution in [2.45, 2.75) is 51.0 Å². The molecule has 2 nitrogen and oxygen atoms in total. The number of aromatic nitrogens is 1. The van der Waals surface area contributed by atoms with Crippen LogP contribution in [-0.4, -0.2) is 10.1 Å². The zero-order valence-corrected chi connectivity index (χ0v) is 10.0. The molecule has 1 aliphatic carbocycles. The van der Waals surface area contributed by atoms with Gasteiger partial charge in [0, 0.05) is 18.0 Å². The zero-order valence-electron chi connectivity index (χ0n) is 10.0. The van der Waals surface area contributed by atoms with Crippen molar-refractivity contribution in [2.24, 2.45) is 5.92 Å². The van der Waals surface area contributed by atoms with Crippen molar-refractivity contribution in [3.8, 4) is 0 Å². The molecule has 1 fully saturated rings. The van der Waals surface area contributed by atoms with Crippen molar-refractivity contribution in [3.05, 3.63) is 30.1 Å². The molecule has 2 rings (SSSR count). The van der Waals surface area contributed by atoms with Crippen molar-refractivity contribution in [1.82, 2.24) is 4.98 Å². The van der Waals surface area contributed by atoms with E-state index in [1.807, 2.05) is 12.1 Å². The molecule has 1 aliphatic rings. The van der Waals surface area contributed by atoms with Gasteiger partial charge in [0.15, 0.2) is 0 Å². The summed E-state index contributed by atoms with van der Waals surface area (Å²) in [4.78, 5) is 4.10. The van der Waals surface area contributed by atoms with Gasteiger partial charge in [-0.2, -0.15) is 0 Å². The minimum atomic E-state index is -0.613. The number of pyridine rings is 1. The van der Waals surface area contributed by atoms with Crippen LogP contribution in [-0.2, 0) is 5.60 Å². The van der Waals surface area contributed by atoms with Crippen LogP contribution >= 0.6 is 0 Å². The molecule has 16 heavy (non-hydrogen) atoms. The van der Waals surface area contributed by atoms with Gasteiger partial charge in [0.25, 0.3) is 0 Å². The Hall–Kier alpha value is -0.890. The van der Waals surface area contributed by atoms with Crippen LogP contribution in [0.25, 0.3) is 0 Å². The van der Waals surface area contributed by atoms with Crippen LogP contribution in [0, 0.1) is 5.92 Å². The molecule has 1 aromatic rings. The molecule has 2 heteroatoms. The molecule has 1 N–H and O–H groups in total. The Bertz CT molecular complexity index is 315. The highest BCUT2D eigenvalue weighted by molar-refractivity contribution is 5.18. The molecule has 0 bridgehead atoms. The molecule has 1 saturated carbocycles. The van der Waals surface area contributed by atoms with Gasteiger partial charge >= 0.3 is 0 Å². The first-order valence-electron chi connectivity index (χ1n) is 6.37. The molecule has 0 unspecified atom stereocenters. The molecule has 88 valence electrons. The summed E-state index contributed by atoms with van der Waals surface area (Å²) in [6, 6.07) is 3.90. The van der Waals surface area contributed by atoms with Gasteiger partial charge in [0.2, 0.25) is 0 Å². The van der Waals surface area contributed by atoms with Crippen molar-refractivity contribution in [2.75, 3.05) is 0 Å². The van der Waals surface area contributed by atoms with E-state index in [1.54, 1.807) is 12.4 Å². The molecule has 1 heterocycles. The molecule has 1 aromatic heterocycles. The van der Waals surface area contributed by atoms with Crippen molar-refractivity contribution in [1.29, 1.82) is 0 Å². The van der Waals surface area contributed by atoms with Crippen LogP contribution in [0.2, 0.25) is 0 Å². The minimum Gasteiger partial charge on any atom is -0.385 e. The number of hydrogen-bond acceptors (Lipinski definition) is 2. The van der Waals surface area contributed by atoms with E-state index in [9.17, 15) is 5.11 Å². The Morgan fingerprint density at radius 3 is 2.75 bits per heavy atom. The fourth-order valence-corrected chi connectivity index (χ4v) is 2.78. The molecular formula is C14H21NO. The van der Waals surface area contributed by atoms with Gasteiger partial charge in [0.05, 0.1) is 5.60 Å². The highest BCUT2D eigenvalue weighted by Gasteiger charge is 2.34. The number of hydrogen-bond donors (Lipinski definition) is 1. The van der Waals surface area contributed by atoms with Gasteiger partial charge in [0.1, 0.15) is 0 Å². The van der Waals surface area contributed by atoms with Gasteiger partial charge in [-0.25, -0.2) is 0 Å². The van der Waals surface area contributed by atoms with Gasteiger partial charge in [-0.15, -0.1) is 0 Å². The summed E-state index contributed by atoms with van der Waals surface area (Å²) in [5.74, 6) is 0.821. The lowest BCUT2D eigenvalue weighted by Crippen LogP contribution is -2.31. The summed E-state index contributed by atoms with van der Waals surface area (Å²) < 4.78 is 0. The van der Waals surface area contributed by atoms with E-state index in [-0.39, 0.29) is 0 Å². The van der Waals surface area contributed by atoms with E-state index < -0.39 is 5.60 Å². The monoisotopic (exact) mass is 219 g/mol. The maximum Gasteiger partial charge on any atom is 0.0911 e. The van der Waals surface area contributed by atoms with E-state index in [0.29, 0.717) is 0 Å². The van der Waals surface area contributed by atoms with E-state index >= 15 is 0 Å². The molecule has 0 atom stereocenters. The SMILES string of the molecule is CCCC1CCC(O)(c2cccnc2)CC1. The van der Waals surface area contributed by atoms with Crippen LogP contribution in [0.4, 0.5) is 0 Å². The van der Waals surface area contributed by atoms with E-state index in [1.165, 1.54) is 12.8 Å². The number of nitrogens with zero attached hydrogens (tertiary/aromatic N) is 1. The van der Waals surface area contributed by atoms with Crippen molar-refractivity contribution >= 4 is 0 Å². The van der Waals surface area contributed by atoms with Crippen LogP contribution in [0.5, 0.6) is 0 Å². The standard InChI is InChI=1S/C14H21NO/c1-2-4-12-6-8-14(16,9-7-12)13-5-3-10-15-11-13/h3,5,10-12,16H,2,4,6-9H2,1H3. The van der Waals surface area contributed by atoms with Crippen molar-refractivity contribution in [3.63, 3.8) is 0 Å². The maximum atomic E-state index is 10.6. The first-order valence-corrected chi connectivity index (χ1v) is 6.37. The molecule has 0 radical (unpaired) electrons. The Balaban J connectivity index is 2.01. The van der Waals surface area contributed by atoms with Crippen LogP contribution in [0.15, 0.2) is 24.5 Å². The summed E-state index contributed by atoms with van der Waals surface area (Å²) in [5.41, 5.74) is 0.378. The topological polar surface area (TPSA) is 33.1 Å². The summed E-state index contributed by atoms with van der Waals surface area (Å²) in [5, 5.41) is 10.6. The Morgan fingerprint density at radius 2 is 2.19 bits per heavy atom. The summed E-state index contributed by atoms with van der Waals surface area (Å²) >= 11 is 0. The quantitative estimate of drug-likeness (QED) is 0.846. The molecule has 0 spiro atoms. The Morgan fingerprint density at radius 1 is 1.44 bits per heavy atom. The summed E-state index contributed by atoms with van der Waals surface area (Å²) in [6.07, 6.45) is 10.2. The number of aliphatic hydroxyl groups is 1. The highest BCUT2D eigenvalue weighted by atomic mass is 16.3. The second kappa shape index (κ2) is 4.96. The lowest BCUT2D eigenvalue weighted by atomic mass is 9.74. The first-order chi connectivity index (χ1) is 7.74. The number of rotatable bonds is 3. The van der Waals surface area contributed by atoms with Crippen LogP contribution in [0.1, 0.15) is 51.0 Å². The van der Waals surface area contributed by atoms with Gasteiger partial charge in [-0.1, -0.05) is 25.8 Å². The first kappa shape index (κ1) is 11.6. The average Bonchev–Trinajstić information content (AvgIpc) is 2.34. The fourth-order valence-electron chi connectivity index (χ4n) is 2.78. The van der Waals surface area contributed by atoms with Crippen LogP contribution in [0.3, 0.4) is 0 Å². The third-order valence-corrected chi connectivity index (χ3v) is 3.83.